The maximum atomic E-state index is 12.4. The molecule has 118 valence electrons. The minimum Gasteiger partial charge on any atom is -0.485 e. The molecule has 0 atom stereocenters. The summed E-state index contributed by atoms with van der Waals surface area (Å²) in [6.45, 7) is 1.43. The molecule has 0 saturated heterocycles. The molecule has 0 radical (unpaired) electrons. The number of ether oxygens (including phenoxy) is 1. The molecule has 0 aliphatic rings. The van der Waals surface area contributed by atoms with Gasteiger partial charge in [-0.1, -0.05) is 23.2 Å². The summed E-state index contributed by atoms with van der Waals surface area (Å²) >= 11 is 12.1. The van der Waals surface area contributed by atoms with Crippen LogP contribution in [0.15, 0.2) is 24.4 Å². The van der Waals surface area contributed by atoms with Gasteiger partial charge in [0.15, 0.2) is 0 Å². The first kappa shape index (κ1) is 16.9. The van der Waals surface area contributed by atoms with Crippen LogP contribution in [-0.2, 0) is 6.54 Å². The molecular weight excluding hydrogens is 333 g/mol. The molecule has 7 heteroatoms. The lowest BCUT2D eigenvalue weighted by Crippen LogP contribution is -2.08. The Morgan fingerprint density at radius 2 is 2.00 bits per heavy atom. The van der Waals surface area contributed by atoms with Gasteiger partial charge in [-0.05, 0) is 30.7 Å². The van der Waals surface area contributed by atoms with Gasteiger partial charge in [-0.2, -0.15) is 0 Å². The van der Waals surface area contributed by atoms with Crippen LogP contribution in [0.2, 0.25) is 10.0 Å². The highest BCUT2D eigenvalue weighted by Crippen LogP contribution is 2.39. The second-order valence-electron chi connectivity index (χ2n) is 4.66. The number of rotatable bonds is 5. The average molecular weight is 347 g/mol. The number of alkyl halides is 2. The van der Waals surface area contributed by atoms with Crippen LogP contribution < -0.4 is 10.5 Å². The fraction of sp³-hybridized carbons (Fsp3) is 0.267. The average Bonchev–Trinajstić information content (AvgIpc) is 2.45. The summed E-state index contributed by atoms with van der Waals surface area (Å²) in [5.41, 5.74) is 8.41. The van der Waals surface area contributed by atoms with Crippen molar-refractivity contribution in [3.63, 3.8) is 0 Å². The van der Waals surface area contributed by atoms with Crippen LogP contribution in [0.5, 0.6) is 5.75 Å². The van der Waals surface area contributed by atoms with Crippen molar-refractivity contribution in [2.75, 3.05) is 6.61 Å². The van der Waals surface area contributed by atoms with E-state index in [2.05, 4.69) is 4.98 Å². The predicted octanol–water partition coefficient (Wildman–Crippen LogP) is 4.47. The van der Waals surface area contributed by atoms with Gasteiger partial charge in [0.1, 0.15) is 12.4 Å². The lowest BCUT2D eigenvalue weighted by Gasteiger charge is -2.14. The van der Waals surface area contributed by atoms with Crippen molar-refractivity contribution >= 4 is 23.2 Å². The number of nitrogens with two attached hydrogens (primary N) is 1. The number of aryl methyl sites for hydroxylation is 1. The van der Waals surface area contributed by atoms with Crippen LogP contribution in [-0.4, -0.2) is 18.0 Å². The fourth-order valence-electron chi connectivity index (χ4n) is 2.03. The molecule has 1 heterocycles. The number of nitrogens with zero attached hydrogens (tertiary/aromatic N) is 1. The number of halogens is 4. The molecule has 0 bridgehead atoms. The quantitative estimate of drug-likeness (QED) is 0.868. The highest BCUT2D eigenvalue weighted by Gasteiger charge is 2.16. The number of hydrogen-bond acceptors (Lipinski definition) is 3. The van der Waals surface area contributed by atoms with Gasteiger partial charge in [-0.3, -0.25) is 4.98 Å². The van der Waals surface area contributed by atoms with Crippen molar-refractivity contribution in [2.24, 2.45) is 5.73 Å². The minimum absolute atomic E-state index is 0.160. The van der Waals surface area contributed by atoms with E-state index in [1.54, 1.807) is 12.3 Å². The summed E-state index contributed by atoms with van der Waals surface area (Å²) in [4.78, 5) is 4.25. The smallest absolute Gasteiger partial charge is 0.272 e. The van der Waals surface area contributed by atoms with Gasteiger partial charge in [0.2, 0.25) is 0 Å². The van der Waals surface area contributed by atoms with Crippen molar-refractivity contribution in [1.82, 2.24) is 4.98 Å². The molecule has 1 aromatic carbocycles. The van der Waals surface area contributed by atoms with E-state index >= 15 is 0 Å². The van der Waals surface area contributed by atoms with Gasteiger partial charge in [0.25, 0.3) is 6.43 Å². The molecule has 2 rings (SSSR count). The van der Waals surface area contributed by atoms with Crippen molar-refractivity contribution in [3.8, 4) is 16.9 Å². The van der Waals surface area contributed by atoms with Crippen LogP contribution >= 0.6 is 23.2 Å². The van der Waals surface area contributed by atoms with Crippen molar-refractivity contribution < 1.29 is 13.5 Å². The van der Waals surface area contributed by atoms with E-state index in [1.165, 1.54) is 6.07 Å². The predicted molar refractivity (Wildman–Crippen MR) is 83.8 cm³/mol. The molecule has 0 unspecified atom stereocenters. The highest BCUT2D eigenvalue weighted by atomic mass is 35.5. The van der Waals surface area contributed by atoms with E-state index in [1.807, 2.05) is 13.0 Å². The Kier molecular flexibility index (Phi) is 5.56. The largest absolute Gasteiger partial charge is 0.485 e. The van der Waals surface area contributed by atoms with Gasteiger partial charge in [0.05, 0.1) is 10.7 Å². The molecule has 0 aliphatic carbocycles. The van der Waals surface area contributed by atoms with Crippen molar-refractivity contribution in [1.29, 1.82) is 0 Å². The maximum Gasteiger partial charge on any atom is 0.272 e. The number of pyridine rings is 1. The summed E-state index contributed by atoms with van der Waals surface area (Å²) in [6.07, 6.45) is -1.01. The summed E-state index contributed by atoms with van der Waals surface area (Å²) < 4.78 is 30.0. The Labute approximate surface area is 137 Å². The molecule has 2 N–H and O–H groups in total. The first-order valence-corrected chi connectivity index (χ1v) is 7.24. The lowest BCUT2D eigenvalue weighted by atomic mass is 10.0. The van der Waals surface area contributed by atoms with E-state index in [4.69, 9.17) is 33.7 Å². The topological polar surface area (TPSA) is 48.1 Å². The third kappa shape index (κ3) is 3.85. The fourth-order valence-corrected chi connectivity index (χ4v) is 2.58. The van der Waals surface area contributed by atoms with E-state index < -0.39 is 13.0 Å². The summed E-state index contributed by atoms with van der Waals surface area (Å²) in [5.74, 6) is 0.160. The van der Waals surface area contributed by atoms with Crippen LogP contribution in [0.25, 0.3) is 11.1 Å². The normalized spacial score (nSPS) is 11.0. The van der Waals surface area contributed by atoms with Crippen LogP contribution in [0.4, 0.5) is 8.78 Å². The van der Waals surface area contributed by atoms with Gasteiger partial charge >= 0.3 is 0 Å². The summed E-state index contributed by atoms with van der Waals surface area (Å²) in [7, 11) is 0. The third-order valence-electron chi connectivity index (χ3n) is 3.05. The monoisotopic (exact) mass is 346 g/mol. The Morgan fingerprint density at radius 1 is 1.27 bits per heavy atom. The number of aromatic nitrogens is 1. The van der Waals surface area contributed by atoms with Crippen LogP contribution in [0, 0.1) is 6.92 Å². The molecule has 1 aromatic heterocycles. The summed E-state index contributed by atoms with van der Waals surface area (Å²) in [6, 6.07) is 4.89. The Bertz CT molecular complexity index is 681. The van der Waals surface area contributed by atoms with Crippen LogP contribution in [0.3, 0.4) is 0 Å². The Balaban J connectivity index is 2.50. The second-order valence-corrected chi connectivity index (χ2v) is 5.50. The molecule has 0 aliphatic heterocycles. The van der Waals surface area contributed by atoms with Gasteiger partial charge < -0.3 is 10.5 Å². The minimum atomic E-state index is -2.60. The Hall–Kier alpha value is -1.43. The second kappa shape index (κ2) is 7.22. The van der Waals surface area contributed by atoms with E-state index in [9.17, 15) is 8.78 Å². The van der Waals surface area contributed by atoms with Gasteiger partial charge in [-0.15, -0.1) is 0 Å². The maximum absolute atomic E-state index is 12.4. The van der Waals surface area contributed by atoms with Gasteiger partial charge in [0, 0.05) is 28.9 Å². The summed E-state index contributed by atoms with van der Waals surface area (Å²) in [5, 5.41) is 0.550. The first-order valence-electron chi connectivity index (χ1n) is 6.48. The third-order valence-corrected chi connectivity index (χ3v) is 3.55. The zero-order valence-electron chi connectivity index (χ0n) is 11.7. The molecule has 0 saturated carbocycles. The first-order chi connectivity index (χ1) is 10.4. The lowest BCUT2D eigenvalue weighted by molar-refractivity contribution is 0.0822. The number of benzene rings is 1. The van der Waals surface area contributed by atoms with Gasteiger partial charge in [-0.25, -0.2) is 8.78 Å². The molecular formula is C15H14Cl2F2N2O. The molecule has 22 heavy (non-hydrogen) atoms. The zero-order valence-corrected chi connectivity index (χ0v) is 13.3. The van der Waals surface area contributed by atoms with Crippen LogP contribution in [0.1, 0.15) is 11.3 Å². The molecule has 0 amide bonds. The molecule has 3 nitrogen and oxygen atoms in total. The van der Waals surface area contributed by atoms with E-state index in [0.717, 1.165) is 11.3 Å². The zero-order chi connectivity index (χ0) is 16.3. The standard InChI is InChI=1S/C15H14Cl2F2N2O/c1-8-2-9(6-21-13(8)5-20)11-3-10(16)4-12(17)15(11)22-7-14(18)19/h2-4,6,14H,5,7,20H2,1H3. The van der Waals surface area contributed by atoms with Crippen molar-refractivity contribution in [2.45, 2.75) is 19.9 Å². The molecule has 0 fully saturated rings. The van der Waals surface area contributed by atoms with Crippen molar-refractivity contribution in [3.05, 3.63) is 45.7 Å². The highest BCUT2D eigenvalue weighted by molar-refractivity contribution is 6.36. The number of hydrogen-bond donors (Lipinski definition) is 1. The molecule has 0 spiro atoms. The Morgan fingerprint density at radius 3 is 2.59 bits per heavy atom. The van der Waals surface area contributed by atoms with E-state index in [-0.39, 0.29) is 10.8 Å². The van der Waals surface area contributed by atoms with E-state index in [0.29, 0.717) is 22.7 Å². The molecule has 2 aromatic rings. The SMILES string of the molecule is Cc1cc(-c2cc(Cl)cc(Cl)c2OCC(F)F)cnc1CN.